The highest BCUT2D eigenvalue weighted by molar-refractivity contribution is 8.00. The van der Waals surface area contributed by atoms with Crippen LogP contribution in [-0.4, -0.2) is 27.8 Å². The van der Waals surface area contributed by atoms with Crippen molar-refractivity contribution in [3.63, 3.8) is 0 Å². The number of thioether (sulfide) groups is 1. The Morgan fingerprint density at radius 3 is 2.59 bits per heavy atom. The average molecular weight is 432 g/mol. The Bertz CT molecular complexity index is 1120. The number of nitrogens with zero attached hydrogens (tertiary/aromatic N) is 2. The lowest BCUT2D eigenvalue weighted by atomic mass is 10.2. The molecule has 1 atom stereocenters. The van der Waals surface area contributed by atoms with E-state index >= 15 is 0 Å². The second kappa shape index (κ2) is 8.59. The third kappa shape index (κ3) is 4.18. The van der Waals surface area contributed by atoms with Gasteiger partial charge < -0.3 is 10.1 Å². The highest BCUT2D eigenvalue weighted by Gasteiger charge is 2.23. The Balaban J connectivity index is 1.93. The van der Waals surface area contributed by atoms with Crippen molar-refractivity contribution in [2.45, 2.75) is 51.1 Å². The van der Waals surface area contributed by atoms with Crippen molar-refractivity contribution in [3.05, 3.63) is 45.1 Å². The molecule has 0 saturated heterocycles. The summed E-state index contributed by atoms with van der Waals surface area (Å²) in [6, 6.07) is 7.20. The van der Waals surface area contributed by atoms with E-state index < -0.39 is 5.25 Å². The number of hydrogen-bond acceptors (Lipinski definition) is 6. The summed E-state index contributed by atoms with van der Waals surface area (Å²) in [7, 11) is 1.56. The van der Waals surface area contributed by atoms with E-state index in [2.05, 4.69) is 5.32 Å². The van der Waals surface area contributed by atoms with Crippen LogP contribution in [0.3, 0.4) is 0 Å². The number of carbonyl (C=O) groups is 1. The minimum Gasteiger partial charge on any atom is -0.495 e. The van der Waals surface area contributed by atoms with Gasteiger partial charge in [0.15, 0.2) is 5.16 Å². The van der Waals surface area contributed by atoms with Gasteiger partial charge in [-0.3, -0.25) is 14.2 Å². The number of thiophene rings is 1. The van der Waals surface area contributed by atoms with Crippen molar-refractivity contribution in [2.24, 2.45) is 0 Å². The van der Waals surface area contributed by atoms with Crippen molar-refractivity contribution < 1.29 is 9.53 Å². The fourth-order valence-electron chi connectivity index (χ4n) is 3.02. The zero-order valence-electron chi connectivity index (χ0n) is 17.4. The molecule has 0 radical (unpaired) electrons. The standard InChI is InChI=1S/C21H25N3O3S2/c1-11(2)24-20(26)17-12(3)13(4)28-19(17)23-21(24)29-14(5)18(25)22-15-9-7-8-10-16(15)27-6/h7-11,14H,1-6H3,(H,22,25). The zero-order valence-corrected chi connectivity index (χ0v) is 19.0. The van der Waals surface area contributed by atoms with Crippen LogP contribution in [0.1, 0.15) is 37.3 Å². The number of carbonyl (C=O) groups excluding carboxylic acids is 1. The molecule has 0 aliphatic carbocycles. The summed E-state index contributed by atoms with van der Waals surface area (Å²) >= 11 is 2.80. The van der Waals surface area contributed by atoms with E-state index in [1.807, 2.05) is 39.8 Å². The van der Waals surface area contributed by atoms with Gasteiger partial charge in [0.1, 0.15) is 10.6 Å². The van der Waals surface area contributed by atoms with E-state index in [4.69, 9.17) is 9.72 Å². The van der Waals surface area contributed by atoms with Crippen molar-refractivity contribution in [1.29, 1.82) is 0 Å². The quantitative estimate of drug-likeness (QED) is 0.449. The molecule has 0 aliphatic rings. The number of fused-ring (bicyclic) bond motifs is 1. The Kier molecular flexibility index (Phi) is 6.33. The first-order chi connectivity index (χ1) is 13.7. The van der Waals surface area contributed by atoms with Gasteiger partial charge in [0, 0.05) is 10.9 Å². The van der Waals surface area contributed by atoms with Gasteiger partial charge in [-0.25, -0.2) is 4.98 Å². The van der Waals surface area contributed by atoms with E-state index in [0.717, 1.165) is 15.3 Å². The predicted octanol–water partition coefficient (Wildman–Crippen LogP) is 4.78. The fraction of sp³-hybridized carbons (Fsp3) is 0.381. The SMILES string of the molecule is COc1ccccc1NC(=O)C(C)Sc1nc2sc(C)c(C)c2c(=O)n1C(C)C. The maximum absolute atomic E-state index is 13.1. The lowest BCUT2D eigenvalue weighted by Crippen LogP contribution is -2.28. The molecule has 8 heteroatoms. The molecule has 1 aromatic carbocycles. The molecule has 2 heterocycles. The number of aromatic nitrogens is 2. The molecule has 29 heavy (non-hydrogen) atoms. The maximum Gasteiger partial charge on any atom is 0.263 e. The molecule has 0 bridgehead atoms. The Morgan fingerprint density at radius 1 is 1.24 bits per heavy atom. The molecule has 3 aromatic rings. The van der Waals surface area contributed by atoms with Crippen molar-refractivity contribution in [2.75, 3.05) is 12.4 Å². The third-order valence-corrected chi connectivity index (χ3v) is 6.90. The molecule has 1 N–H and O–H groups in total. The van der Waals surface area contributed by atoms with Crippen LogP contribution in [0.5, 0.6) is 5.75 Å². The van der Waals surface area contributed by atoms with Gasteiger partial charge in [0.25, 0.3) is 5.56 Å². The Morgan fingerprint density at radius 2 is 1.93 bits per heavy atom. The van der Waals surface area contributed by atoms with E-state index in [9.17, 15) is 9.59 Å². The van der Waals surface area contributed by atoms with Gasteiger partial charge in [-0.1, -0.05) is 23.9 Å². The lowest BCUT2D eigenvalue weighted by Gasteiger charge is -2.18. The van der Waals surface area contributed by atoms with Crippen molar-refractivity contribution in [1.82, 2.24) is 9.55 Å². The molecular formula is C21H25N3O3S2. The first-order valence-electron chi connectivity index (χ1n) is 9.37. The largest absolute Gasteiger partial charge is 0.495 e. The minimum absolute atomic E-state index is 0.0494. The number of anilines is 1. The summed E-state index contributed by atoms with van der Waals surface area (Å²) in [6.45, 7) is 9.66. The molecule has 0 fully saturated rings. The van der Waals surface area contributed by atoms with Crippen molar-refractivity contribution in [3.8, 4) is 5.75 Å². The maximum atomic E-state index is 13.1. The van der Waals surface area contributed by atoms with Crippen molar-refractivity contribution >= 4 is 44.9 Å². The normalized spacial score (nSPS) is 12.4. The molecular weight excluding hydrogens is 406 g/mol. The third-order valence-electron chi connectivity index (χ3n) is 4.74. The molecule has 1 amide bonds. The topological polar surface area (TPSA) is 73.2 Å². The molecule has 0 spiro atoms. The van der Waals surface area contributed by atoms with Gasteiger partial charge >= 0.3 is 0 Å². The van der Waals surface area contributed by atoms with E-state index in [1.165, 1.54) is 23.1 Å². The van der Waals surface area contributed by atoms with Gasteiger partial charge in [0.05, 0.1) is 23.4 Å². The number of amides is 1. The number of para-hydroxylation sites is 2. The lowest BCUT2D eigenvalue weighted by molar-refractivity contribution is -0.115. The van der Waals surface area contributed by atoms with E-state index in [-0.39, 0.29) is 17.5 Å². The van der Waals surface area contributed by atoms with Crippen LogP contribution >= 0.6 is 23.1 Å². The molecule has 2 aromatic heterocycles. The van der Waals surface area contributed by atoms with Gasteiger partial charge in [-0.2, -0.15) is 0 Å². The number of aryl methyl sites for hydroxylation is 2. The first kappa shape index (κ1) is 21.4. The smallest absolute Gasteiger partial charge is 0.263 e. The average Bonchev–Trinajstić information content (AvgIpc) is 2.95. The molecule has 154 valence electrons. The first-order valence-corrected chi connectivity index (χ1v) is 11.1. The van der Waals surface area contributed by atoms with Crippen LogP contribution in [-0.2, 0) is 4.79 Å². The van der Waals surface area contributed by atoms with E-state index in [1.54, 1.807) is 30.7 Å². The van der Waals surface area contributed by atoms with Crippen LogP contribution in [0.2, 0.25) is 0 Å². The summed E-state index contributed by atoms with van der Waals surface area (Å²) in [5, 5.41) is 3.68. The molecule has 0 aliphatic heterocycles. The summed E-state index contributed by atoms with van der Waals surface area (Å²) in [6.07, 6.45) is 0. The molecule has 6 nitrogen and oxygen atoms in total. The van der Waals surface area contributed by atoms with Gasteiger partial charge in [-0.15, -0.1) is 11.3 Å². The summed E-state index contributed by atoms with van der Waals surface area (Å²) in [5.74, 6) is 0.420. The monoisotopic (exact) mass is 431 g/mol. The number of nitrogens with one attached hydrogen (secondary N) is 1. The molecule has 0 saturated carbocycles. The zero-order chi connectivity index (χ0) is 21.3. The second-order valence-corrected chi connectivity index (χ2v) is 9.59. The number of rotatable bonds is 6. The second-order valence-electron chi connectivity index (χ2n) is 7.08. The van der Waals surface area contributed by atoms with Crippen LogP contribution in [0.4, 0.5) is 5.69 Å². The summed E-state index contributed by atoms with van der Waals surface area (Å²) < 4.78 is 6.97. The predicted molar refractivity (Wildman–Crippen MR) is 121 cm³/mol. The highest BCUT2D eigenvalue weighted by Crippen LogP contribution is 2.31. The Hall–Kier alpha value is -2.32. The van der Waals surface area contributed by atoms with Crippen LogP contribution in [0, 0.1) is 13.8 Å². The molecule has 1 unspecified atom stereocenters. The number of methoxy groups -OCH3 is 1. The summed E-state index contributed by atoms with van der Waals surface area (Å²) in [5.41, 5.74) is 1.55. The number of hydrogen-bond donors (Lipinski definition) is 1. The number of benzene rings is 1. The Labute approximate surface area is 178 Å². The van der Waals surface area contributed by atoms with Crippen LogP contribution < -0.4 is 15.6 Å². The van der Waals surface area contributed by atoms with E-state index in [0.29, 0.717) is 22.0 Å². The fourth-order valence-corrected chi connectivity index (χ4v) is 5.13. The van der Waals surface area contributed by atoms with Crippen LogP contribution in [0.15, 0.2) is 34.2 Å². The van der Waals surface area contributed by atoms with Crippen LogP contribution in [0.25, 0.3) is 10.2 Å². The summed E-state index contributed by atoms with van der Waals surface area (Å²) in [4.78, 5) is 32.5. The minimum atomic E-state index is -0.448. The highest BCUT2D eigenvalue weighted by atomic mass is 32.2. The van der Waals surface area contributed by atoms with Gasteiger partial charge in [0.2, 0.25) is 5.91 Å². The van der Waals surface area contributed by atoms with Gasteiger partial charge in [-0.05, 0) is 52.3 Å². The molecule has 3 rings (SSSR count). The number of ether oxygens (including phenoxy) is 1.